The number of fused-ring (bicyclic) bond motifs is 9. The van der Waals surface area contributed by atoms with Crippen LogP contribution in [0.5, 0.6) is 5.75 Å². The predicted molar refractivity (Wildman–Crippen MR) is 199 cm³/mol. The highest BCUT2D eigenvalue weighted by Crippen LogP contribution is 2.63. The average Bonchev–Trinajstić information content (AvgIpc) is 3.49. The van der Waals surface area contributed by atoms with E-state index in [1.807, 2.05) is 42.5 Å². The van der Waals surface area contributed by atoms with Gasteiger partial charge < -0.3 is 4.74 Å². The smallest absolute Gasteiger partial charge is 0.179 e. The Hall–Kier alpha value is -6.39. The first kappa shape index (κ1) is 28.6. The molecular formula is C46H31N3O. The highest BCUT2D eigenvalue weighted by atomic mass is 16.5. The summed E-state index contributed by atoms with van der Waals surface area (Å²) in [7, 11) is 0. The van der Waals surface area contributed by atoms with Crippen LogP contribution in [0.3, 0.4) is 0 Å². The second-order valence-corrected chi connectivity index (χ2v) is 13.1. The summed E-state index contributed by atoms with van der Waals surface area (Å²) >= 11 is 0. The highest BCUT2D eigenvalue weighted by molar-refractivity contribution is 5.86. The quantitative estimate of drug-likeness (QED) is 0.192. The normalized spacial score (nSPS) is 16.1. The third kappa shape index (κ3) is 4.35. The van der Waals surface area contributed by atoms with Gasteiger partial charge in [0.05, 0.1) is 22.5 Å². The number of rotatable bonds is 4. The van der Waals surface area contributed by atoms with E-state index in [1.54, 1.807) is 0 Å². The number of hydrogen-bond donors (Lipinski definition) is 0. The molecule has 0 radical (unpaired) electrons. The van der Waals surface area contributed by atoms with Crippen molar-refractivity contribution in [2.24, 2.45) is 5.92 Å². The predicted octanol–water partition coefficient (Wildman–Crippen LogP) is 10.7. The number of allylic oxidation sites excluding steroid dienone is 4. The lowest BCUT2D eigenvalue weighted by atomic mass is 9.60. The molecule has 1 atom stereocenters. The Labute approximate surface area is 291 Å². The standard InChI is InChI=1S/C46H31N3O/c1-3-14-30(15-4-1)41-29-42(31-16-5-2-6-17-31)49-45(48-41)40-24-13-23-39(47-40)32-26-27-44-38(28-32)46(37-22-11-12-25-43(37)50-44)35-20-9-7-18-33(35)34-19-8-10-21-36(34)46/h1-21,23-29,37H,22H2. The Balaban J connectivity index is 1.15. The third-order valence-electron chi connectivity index (χ3n) is 10.4. The van der Waals surface area contributed by atoms with Crippen molar-refractivity contribution in [2.45, 2.75) is 11.8 Å². The molecule has 0 saturated heterocycles. The van der Waals surface area contributed by atoms with Crippen LogP contribution in [-0.4, -0.2) is 15.0 Å². The van der Waals surface area contributed by atoms with Gasteiger partial charge in [-0.25, -0.2) is 15.0 Å². The van der Waals surface area contributed by atoms with Gasteiger partial charge in [-0.1, -0.05) is 127 Å². The van der Waals surface area contributed by atoms with Crippen molar-refractivity contribution in [1.29, 1.82) is 0 Å². The van der Waals surface area contributed by atoms with Crippen molar-refractivity contribution in [1.82, 2.24) is 15.0 Å². The van der Waals surface area contributed by atoms with Gasteiger partial charge in [-0.15, -0.1) is 0 Å². The van der Waals surface area contributed by atoms with Gasteiger partial charge in [0.1, 0.15) is 17.2 Å². The lowest BCUT2D eigenvalue weighted by Gasteiger charge is -2.46. The average molecular weight is 642 g/mol. The Kier molecular flexibility index (Phi) is 6.50. The van der Waals surface area contributed by atoms with Crippen LogP contribution in [0, 0.1) is 5.92 Å². The van der Waals surface area contributed by atoms with Crippen molar-refractivity contribution in [3.8, 4) is 62.2 Å². The maximum atomic E-state index is 6.72. The first-order valence-corrected chi connectivity index (χ1v) is 17.1. The van der Waals surface area contributed by atoms with E-state index in [2.05, 4.69) is 127 Å². The largest absolute Gasteiger partial charge is 0.461 e. The molecular weight excluding hydrogens is 611 g/mol. The Morgan fingerprint density at radius 2 is 1.12 bits per heavy atom. The van der Waals surface area contributed by atoms with Crippen molar-refractivity contribution < 1.29 is 4.74 Å². The second kappa shape index (κ2) is 11.4. The van der Waals surface area contributed by atoms with E-state index in [0.29, 0.717) is 5.82 Å². The number of aromatic nitrogens is 3. The Bertz CT molecular complexity index is 2400. The van der Waals surface area contributed by atoms with Crippen molar-refractivity contribution in [3.63, 3.8) is 0 Å². The number of ether oxygens (including phenoxy) is 1. The van der Waals surface area contributed by atoms with Crippen LogP contribution >= 0.6 is 0 Å². The second-order valence-electron chi connectivity index (χ2n) is 13.1. The lowest BCUT2D eigenvalue weighted by molar-refractivity contribution is 0.253. The van der Waals surface area contributed by atoms with Crippen LogP contribution in [0.15, 0.2) is 176 Å². The van der Waals surface area contributed by atoms with E-state index in [9.17, 15) is 0 Å². The van der Waals surface area contributed by atoms with Gasteiger partial charge in [-0.2, -0.15) is 0 Å². The minimum atomic E-state index is -0.400. The number of nitrogens with zero attached hydrogens (tertiary/aromatic N) is 3. The summed E-state index contributed by atoms with van der Waals surface area (Å²) in [6, 6.07) is 53.1. The minimum absolute atomic E-state index is 0.130. The summed E-state index contributed by atoms with van der Waals surface area (Å²) in [5, 5.41) is 0. The maximum Gasteiger partial charge on any atom is 0.179 e. The molecule has 3 heterocycles. The van der Waals surface area contributed by atoms with E-state index < -0.39 is 5.41 Å². The van der Waals surface area contributed by atoms with Crippen LogP contribution in [0.1, 0.15) is 23.1 Å². The molecule has 3 aliphatic rings. The Morgan fingerprint density at radius 3 is 1.80 bits per heavy atom. The van der Waals surface area contributed by atoms with Crippen molar-refractivity contribution >= 4 is 0 Å². The fraction of sp³-hybridized carbons (Fsp3) is 0.0652. The first-order valence-electron chi connectivity index (χ1n) is 17.1. The molecule has 7 aromatic rings. The number of benzene rings is 5. The molecule has 0 saturated carbocycles. The van der Waals surface area contributed by atoms with Gasteiger partial charge in [-0.3, -0.25) is 0 Å². The van der Waals surface area contributed by atoms with Gasteiger partial charge in [-0.05, 0) is 71.1 Å². The number of pyridine rings is 1. The molecule has 0 bridgehead atoms. The highest BCUT2D eigenvalue weighted by Gasteiger charge is 2.55. The maximum absolute atomic E-state index is 6.72. The van der Waals surface area contributed by atoms with E-state index in [4.69, 9.17) is 19.7 Å². The molecule has 236 valence electrons. The minimum Gasteiger partial charge on any atom is -0.461 e. The van der Waals surface area contributed by atoms with E-state index >= 15 is 0 Å². The molecule has 1 aliphatic heterocycles. The van der Waals surface area contributed by atoms with Crippen molar-refractivity contribution in [2.75, 3.05) is 0 Å². The van der Waals surface area contributed by atoms with Gasteiger partial charge >= 0.3 is 0 Å². The molecule has 10 rings (SSSR count). The van der Waals surface area contributed by atoms with Crippen LogP contribution in [0.25, 0.3) is 56.4 Å². The third-order valence-corrected chi connectivity index (χ3v) is 10.4. The molecule has 2 aromatic heterocycles. The van der Waals surface area contributed by atoms with Crippen LogP contribution < -0.4 is 4.74 Å². The molecule has 4 nitrogen and oxygen atoms in total. The fourth-order valence-corrected chi connectivity index (χ4v) is 8.24. The molecule has 50 heavy (non-hydrogen) atoms. The SMILES string of the molecule is C1=CCC2C(=C1)Oc1ccc(-c3cccc(-c4nc(-c5ccccc5)cc(-c5ccccc5)n4)n3)cc1C21c2ccccc2-c2ccccc21. The molecule has 5 aromatic carbocycles. The van der Waals surface area contributed by atoms with E-state index in [-0.39, 0.29) is 5.92 Å². The molecule has 1 spiro atoms. The van der Waals surface area contributed by atoms with Crippen LogP contribution in [0.2, 0.25) is 0 Å². The summed E-state index contributed by atoms with van der Waals surface area (Å²) < 4.78 is 6.72. The number of hydrogen-bond acceptors (Lipinski definition) is 4. The first-order chi connectivity index (χ1) is 24.8. The fourth-order valence-electron chi connectivity index (χ4n) is 8.24. The van der Waals surface area contributed by atoms with E-state index in [1.165, 1.54) is 27.8 Å². The Morgan fingerprint density at radius 1 is 0.500 bits per heavy atom. The van der Waals surface area contributed by atoms with Gasteiger partial charge in [0.25, 0.3) is 0 Å². The zero-order valence-corrected chi connectivity index (χ0v) is 27.2. The van der Waals surface area contributed by atoms with E-state index in [0.717, 1.165) is 57.4 Å². The summed E-state index contributed by atoms with van der Waals surface area (Å²) in [4.78, 5) is 15.3. The zero-order chi connectivity index (χ0) is 33.1. The summed E-state index contributed by atoms with van der Waals surface area (Å²) in [6.45, 7) is 0. The molecule has 2 aliphatic carbocycles. The topological polar surface area (TPSA) is 47.9 Å². The summed E-state index contributed by atoms with van der Waals surface area (Å²) in [5.74, 6) is 2.63. The van der Waals surface area contributed by atoms with Crippen molar-refractivity contribution in [3.05, 3.63) is 192 Å². The molecule has 0 amide bonds. The van der Waals surface area contributed by atoms with Gasteiger partial charge in [0.15, 0.2) is 5.82 Å². The zero-order valence-electron chi connectivity index (χ0n) is 27.2. The van der Waals surface area contributed by atoms with Crippen LogP contribution in [-0.2, 0) is 5.41 Å². The van der Waals surface area contributed by atoms with Crippen LogP contribution in [0.4, 0.5) is 0 Å². The monoisotopic (exact) mass is 641 g/mol. The lowest BCUT2D eigenvalue weighted by Crippen LogP contribution is -2.42. The summed E-state index contributed by atoms with van der Waals surface area (Å²) in [6.07, 6.45) is 7.44. The summed E-state index contributed by atoms with van der Waals surface area (Å²) in [5.41, 5.74) is 12.4. The van der Waals surface area contributed by atoms with Gasteiger partial charge in [0.2, 0.25) is 0 Å². The molecule has 0 N–H and O–H groups in total. The molecule has 4 heteroatoms. The molecule has 0 fully saturated rings. The van der Waals surface area contributed by atoms with Gasteiger partial charge in [0, 0.05) is 28.2 Å². The molecule has 1 unspecified atom stereocenters.